The Balaban J connectivity index is 2.12. The van der Waals surface area contributed by atoms with E-state index in [4.69, 9.17) is 4.84 Å². The highest BCUT2D eigenvalue weighted by molar-refractivity contribution is 4.89. The quantitative estimate of drug-likeness (QED) is 0.568. The van der Waals surface area contributed by atoms with Gasteiger partial charge in [0.05, 0.1) is 7.11 Å². The van der Waals surface area contributed by atoms with Gasteiger partial charge in [-0.1, -0.05) is 13.8 Å². The van der Waals surface area contributed by atoms with Gasteiger partial charge in [-0.25, -0.2) is 0 Å². The van der Waals surface area contributed by atoms with Gasteiger partial charge in [0.1, 0.15) is 0 Å². The van der Waals surface area contributed by atoms with Crippen molar-refractivity contribution in [3.63, 3.8) is 0 Å². The van der Waals surface area contributed by atoms with E-state index in [-0.39, 0.29) is 0 Å². The molecule has 1 fully saturated rings. The van der Waals surface area contributed by atoms with Crippen LogP contribution < -0.4 is 5.48 Å². The van der Waals surface area contributed by atoms with Crippen molar-refractivity contribution < 1.29 is 4.84 Å². The van der Waals surface area contributed by atoms with Crippen molar-refractivity contribution in [2.45, 2.75) is 32.7 Å². The average Bonchev–Trinajstić information content (AvgIpc) is 1.62. The van der Waals surface area contributed by atoms with Crippen LogP contribution in [0.15, 0.2) is 0 Å². The van der Waals surface area contributed by atoms with Crippen molar-refractivity contribution in [3.8, 4) is 0 Å². The van der Waals surface area contributed by atoms with Gasteiger partial charge < -0.3 is 4.84 Å². The number of hydrogen-bond donors (Lipinski definition) is 1. The molecule has 0 radical (unpaired) electrons. The Morgan fingerprint density at radius 2 is 2.00 bits per heavy atom. The van der Waals surface area contributed by atoms with Gasteiger partial charge in [-0.05, 0) is 18.3 Å². The molecule has 0 aromatic carbocycles. The van der Waals surface area contributed by atoms with E-state index < -0.39 is 0 Å². The summed E-state index contributed by atoms with van der Waals surface area (Å²) < 4.78 is 0. The molecule has 1 rings (SSSR count). The average molecular weight is 129 g/mol. The second-order valence-corrected chi connectivity index (χ2v) is 3.59. The van der Waals surface area contributed by atoms with Gasteiger partial charge >= 0.3 is 0 Å². The van der Waals surface area contributed by atoms with Crippen LogP contribution in [0, 0.1) is 5.41 Å². The van der Waals surface area contributed by atoms with E-state index in [0.29, 0.717) is 11.5 Å². The van der Waals surface area contributed by atoms with E-state index in [1.165, 1.54) is 12.8 Å². The maximum Gasteiger partial charge on any atom is 0.0572 e. The molecule has 0 atom stereocenters. The first-order valence-corrected chi connectivity index (χ1v) is 3.42. The molecule has 0 saturated heterocycles. The van der Waals surface area contributed by atoms with Crippen LogP contribution in [0.5, 0.6) is 0 Å². The predicted octanol–water partition coefficient (Wildman–Crippen LogP) is 1.33. The summed E-state index contributed by atoms with van der Waals surface area (Å²) in [6.45, 7) is 4.56. The molecule has 1 N–H and O–H groups in total. The third kappa shape index (κ3) is 1.66. The normalized spacial score (nSPS) is 25.7. The third-order valence-electron chi connectivity index (χ3n) is 1.88. The highest BCUT2D eigenvalue weighted by Crippen LogP contribution is 2.39. The van der Waals surface area contributed by atoms with Crippen molar-refractivity contribution in [3.05, 3.63) is 0 Å². The second kappa shape index (κ2) is 2.27. The highest BCUT2D eigenvalue weighted by Gasteiger charge is 2.35. The van der Waals surface area contributed by atoms with Crippen molar-refractivity contribution in [2.75, 3.05) is 7.11 Å². The molecule has 0 aliphatic heterocycles. The Bertz CT molecular complexity index is 93.1. The summed E-state index contributed by atoms with van der Waals surface area (Å²) in [5.41, 5.74) is 3.49. The van der Waals surface area contributed by atoms with Crippen LogP contribution in [0.25, 0.3) is 0 Å². The summed E-state index contributed by atoms with van der Waals surface area (Å²) in [5, 5.41) is 0. The van der Waals surface area contributed by atoms with Crippen molar-refractivity contribution >= 4 is 0 Å². The van der Waals surface area contributed by atoms with Crippen LogP contribution in [0.1, 0.15) is 26.7 Å². The molecule has 0 unspecified atom stereocenters. The van der Waals surface area contributed by atoms with E-state index >= 15 is 0 Å². The minimum absolute atomic E-state index is 0.552. The van der Waals surface area contributed by atoms with Gasteiger partial charge in [0, 0.05) is 6.04 Å². The van der Waals surface area contributed by atoms with Crippen LogP contribution in [0.4, 0.5) is 0 Å². The summed E-state index contributed by atoms with van der Waals surface area (Å²) in [6.07, 6.45) is 2.47. The standard InChI is InChI=1S/C7H15NO/c1-7(2)4-6(5-7)8-9-3/h6,8H,4-5H2,1-3H3. The summed E-state index contributed by atoms with van der Waals surface area (Å²) in [5.74, 6) is 0. The van der Waals surface area contributed by atoms with Crippen molar-refractivity contribution in [1.29, 1.82) is 0 Å². The molecule has 2 nitrogen and oxygen atoms in total. The highest BCUT2D eigenvalue weighted by atomic mass is 16.6. The third-order valence-corrected chi connectivity index (χ3v) is 1.88. The fourth-order valence-electron chi connectivity index (χ4n) is 1.52. The molecular weight excluding hydrogens is 114 g/mol. The molecule has 0 bridgehead atoms. The summed E-state index contributed by atoms with van der Waals surface area (Å²) in [4.78, 5) is 4.79. The van der Waals surface area contributed by atoms with Gasteiger partial charge in [-0.3, -0.25) is 0 Å². The predicted molar refractivity (Wildman–Crippen MR) is 36.9 cm³/mol. The summed E-state index contributed by atoms with van der Waals surface area (Å²) in [6, 6.07) is 0.602. The number of hydroxylamine groups is 1. The number of hydrogen-bond acceptors (Lipinski definition) is 2. The molecule has 1 aliphatic rings. The van der Waals surface area contributed by atoms with Gasteiger partial charge in [0.2, 0.25) is 0 Å². The topological polar surface area (TPSA) is 21.3 Å². The van der Waals surface area contributed by atoms with Crippen LogP contribution >= 0.6 is 0 Å². The zero-order valence-corrected chi connectivity index (χ0v) is 6.40. The summed E-state index contributed by atoms with van der Waals surface area (Å²) in [7, 11) is 1.67. The van der Waals surface area contributed by atoms with Crippen LogP contribution in [0.2, 0.25) is 0 Å². The van der Waals surface area contributed by atoms with E-state index in [1.807, 2.05) is 0 Å². The van der Waals surface area contributed by atoms with Gasteiger partial charge in [0.15, 0.2) is 0 Å². The molecule has 0 aromatic rings. The van der Waals surface area contributed by atoms with Crippen molar-refractivity contribution in [1.82, 2.24) is 5.48 Å². The molecule has 1 saturated carbocycles. The maximum atomic E-state index is 4.79. The molecule has 0 aromatic heterocycles. The van der Waals surface area contributed by atoms with E-state index in [2.05, 4.69) is 19.3 Å². The Morgan fingerprint density at radius 3 is 2.33 bits per heavy atom. The molecule has 9 heavy (non-hydrogen) atoms. The molecule has 0 spiro atoms. The first-order chi connectivity index (χ1) is 4.14. The smallest absolute Gasteiger partial charge is 0.0572 e. The fourth-order valence-corrected chi connectivity index (χ4v) is 1.52. The Labute approximate surface area is 56.5 Å². The van der Waals surface area contributed by atoms with Gasteiger partial charge in [-0.2, -0.15) is 5.48 Å². The zero-order chi connectivity index (χ0) is 6.91. The van der Waals surface area contributed by atoms with Gasteiger partial charge in [-0.15, -0.1) is 0 Å². The fraction of sp³-hybridized carbons (Fsp3) is 1.00. The number of nitrogens with one attached hydrogen (secondary N) is 1. The molecule has 1 aliphatic carbocycles. The first-order valence-electron chi connectivity index (χ1n) is 3.42. The van der Waals surface area contributed by atoms with Gasteiger partial charge in [0.25, 0.3) is 0 Å². The van der Waals surface area contributed by atoms with Crippen LogP contribution in [-0.2, 0) is 4.84 Å². The largest absolute Gasteiger partial charge is 0.305 e. The van der Waals surface area contributed by atoms with Crippen LogP contribution in [-0.4, -0.2) is 13.2 Å². The van der Waals surface area contributed by atoms with E-state index in [1.54, 1.807) is 7.11 Å². The lowest BCUT2D eigenvalue weighted by Crippen LogP contribution is -2.45. The number of rotatable bonds is 2. The second-order valence-electron chi connectivity index (χ2n) is 3.59. The monoisotopic (exact) mass is 129 g/mol. The molecule has 0 amide bonds. The van der Waals surface area contributed by atoms with E-state index in [9.17, 15) is 0 Å². The lowest BCUT2D eigenvalue weighted by molar-refractivity contribution is -0.0115. The Kier molecular flexibility index (Phi) is 1.78. The molecular formula is C7H15NO. The maximum absolute atomic E-state index is 4.79. The minimum atomic E-state index is 0.552. The Morgan fingerprint density at radius 1 is 1.44 bits per heavy atom. The summed E-state index contributed by atoms with van der Waals surface area (Å²) >= 11 is 0. The first kappa shape index (κ1) is 7.03. The SMILES string of the molecule is CONC1CC(C)(C)C1. The zero-order valence-electron chi connectivity index (χ0n) is 6.40. The lowest BCUT2D eigenvalue weighted by Gasteiger charge is -2.42. The molecule has 54 valence electrons. The van der Waals surface area contributed by atoms with Crippen LogP contribution in [0.3, 0.4) is 0 Å². The minimum Gasteiger partial charge on any atom is -0.305 e. The molecule has 0 heterocycles. The lowest BCUT2D eigenvalue weighted by atomic mass is 9.69. The molecule has 2 heteroatoms. The van der Waals surface area contributed by atoms with Crippen molar-refractivity contribution in [2.24, 2.45) is 5.41 Å². The Hall–Kier alpha value is -0.0800. The van der Waals surface area contributed by atoms with E-state index in [0.717, 1.165) is 0 Å².